The van der Waals surface area contributed by atoms with Crippen LogP contribution in [0.1, 0.15) is 41.1 Å². The molecule has 2 rings (SSSR count). The number of hydrogen-bond donors (Lipinski definition) is 2. The van der Waals surface area contributed by atoms with Crippen LogP contribution in [0, 0.1) is 6.92 Å². The van der Waals surface area contributed by atoms with E-state index < -0.39 is 5.97 Å². The van der Waals surface area contributed by atoms with Crippen molar-refractivity contribution in [1.29, 1.82) is 0 Å². The van der Waals surface area contributed by atoms with Gasteiger partial charge in [0.2, 0.25) is 0 Å². The number of nitrogens with zero attached hydrogens (tertiary/aromatic N) is 3. The number of aromatic amines is 1. The van der Waals surface area contributed by atoms with Gasteiger partial charge < -0.3 is 10.1 Å². The molecule has 0 saturated heterocycles. The van der Waals surface area contributed by atoms with E-state index in [9.17, 15) is 4.79 Å². The predicted octanol–water partition coefficient (Wildman–Crippen LogP) is 1.92. The van der Waals surface area contributed by atoms with Gasteiger partial charge in [0.25, 0.3) is 0 Å². The van der Waals surface area contributed by atoms with Crippen LogP contribution in [-0.4, -0.2) is 32.7 Å². The van der Waals surface area contributed by atoms with E-state index in [-0.39, 0.29) is 6.04 Å². The van der Waals surface area contributed by atoms with E-state index in [2.05, 4.69) is 25.5 Å². The number of carbonyl (C=O) groups excluding carboxylic acids is 1. The first-order valence-electron chi connectivity index (χ1n) is 5.88. The number of carbonyl (C=O) groups is 1. The van der Waals surface area contributed by atoms with Crippen molar-refractivity contribution in [2.45, 2.75) is 26.8 Å². The number of hydrogen-bond acceptors (Lipinski definition) is 7. The fourth-order valence-corrected chi connectivity index (χ4v) is 2.41. The summed E-state index contributed by atoms with van der Waals surface area (Å²) in [5.74, 6) is 0.321. The molecule has 0 aromatic carbocycles. The summed E-state index contributed by atoms with van der Waals surface area (Å²) in [5, 5.41) is 10.4. The van der Waals surface area contributed by atoms with Crippen molar-refractivity contribution < 1.29 is 9.53 Å². The molecule has 0 radical (unpaired) electrons. The normalized spacial score (nSPS) is 12.2. The van der Waals surface area contributed by atoms with Gasteiger partial charge >= 0.3 is 5.97 Å². The highest BCUT2D eigenvalue weighted by Gasteiger charge is 2.18. The molecular formula is C11H15N5O2S. The number of nitrogens with one attached hydrogen (secondary N) is 2. The summed E-state index contributed by atoms with van der Waals surface area (Å²) < 4.78 is 4.95. The average molecular weight is 281 g/mol. The Labute approximate surface area is 114 Å². The van der Waals surface area contributed by atoms with Crippen LogP contribution >= 0.6 is 11.3 Å². The summed E-state index contributed by atoms with van der Waals surface area (Å²) in [7, 11) is 0. The van der Waals surface area contributed by atoms with Crippen molar-refractivity contribution in [2.24, 2.45) is 0 Å². The van der Waals surface area contributed by atoms with Crippen LogP contribution in [0.25, 0.3) is 0 Å². The summed E-state index contributed by atoms with van der Waals surface area (Å²) in [6.45, 7) is 5.88. The second kappa shape index (κ2) is 5.79. The molecule has 1 unspecified atom stereocenters. The molecule has 0 amide bonds. The van der Waals surface area contributed by atoms with E-state index in [1.165, 1.54) is 17.7 Å². The van der Waals surface area contributed by atoms with Crippen LogP contribution < -0.4 is 5.32 Å². The molecule has 2 N–H and O–H groups in total. The molecule has 0 spiro atoms. The molecule has 8 heteroatoms. The molecule has 2 aromatic rings. The summed E-state index contributed by atoms with van der Waals surface area (Å²) in [4.78, 5) is 20.8. The fourth-order valence-electron chi connectivity index (χ4n) is 1.52. The zero-order valence-corrected chi connectivity index (χ0v) is 11.7. The number of ether oxygens (including phenoxy) is 1. The minimum Gasteiger partial charge on any atom is -0.461 e. The van der Waals surface area contributed by atoms with Gasteiger partial charge in [0, 0.05) is 4.88 Å². The third-order valence-electron chi connectivity index (χ3n) is 2.45. The minimum absolute atomic E-state index is 0.0666. The first-order chi connectivity index (χ1) is 9.11. The van der Waals surface area contributed by atoms with Crippen molar-refractivity contribution in [3.8, 4) is 0 Å². The van der Waals surface area contributed by atoms with Gasteiger partial charge in [-0.15, -0.1) is 11.3 Å². The Bertz CT molecular complexity index is 551. The fraction of sp³-hybridized carbons (Fsp3) is 0.455. The van der Waals surface area contributed by atoms with Crippen molar-refractivity contribution >= 4 is 22.4 Å². The molecule has 0 bridgehead atoms. The highest BCUT2D eigenvalue weighted by molar-refractivity contribution is 7.15. The van der Waals surface area contributed by atoms with E-state index in [1.54, 1.807) is 6.92 Å². The molecule has 0 aliphatic carbocycles. The zero-order valence-electron chi connectivity index (χ0n) is 10.9. The maximum Gasteiger partial charge on any atom is 0.358 e. The minimum atomic E-state index is -0.392. The molecule has 102 valence electrons. The second-order valence-corrected chi connectivity index (χ2v) is 5.08. The molecule has 2 heterocycles. The zero-order chi connectivity index (χ0) is 13.8. The number of aromatic nitrogens is 4. The first kappa shape index (κ1) is 13.5. The molecule has 0 fully saturated rings. The van der Waals surface area contributed by atoms with E-state index in [1.807, 2.05) is 13.8 Å². The number of aryl methyl sites for hydroxylation is 1. The van der Waals surface area contributed by atoms with Crippen molar-refractivity contribution in [1.82, 2.24) is 20.2 Å². The van der Waals surface area contributed by atoms with Crippen LogP contribution in [0.3, 0.4) is 0 Å². The monoisotopic (exact) mass is 281 g/mol. The van der Waals surface area contributed by atoms with Gasteiger partial charge in [0.1, 0.15) is 12.2 Å². The SMILES string of the molecule is CCOC(=O)c1nc(NC(C)c2ncn[nH]2)sc1C. The van der Waals surface area contributed by atoms with Gasteiger partial charge in [-0.2, -0.15) is 5.10 Å². The van der Waals surface area contributed by atoms with Crippen LogP contribution in [0.5, 0.6) is 0 Å². The van der Waals surface area contributed by atoms with Gasteiger partial charge in [0.15, 0.2) is 10.8 Å². The van der Waals surface area contributed by atoms with Gasteiger partial charge in [-0.3, -0.25) is 5.10 Å². The lowest BCUT2D eigenvalue weighted by Crippen LogP contribution is -2.09. The molecule has 0 aliphatic rings. The predicted molar refractivity (Wildman–Crippen MR) is 71.2 cm³/mol. The van der Waals surface area contributed by atoms with E-state index in [4.69, 9.17) is 4.74 Å². The largest absolute Gasteiger partial charge is 0.461 e. The van der Waals surface area contributed by atoms with Crippen LogP contribution in [0.2, 0.25) is 0 Å². The summed E-state index contributed by atoms with van der Waals surface area (Å²) in [6.07, 6.45) is 1.45. The number of rotatable bonds is 5. The summed E-state index contributed by atoms with van der Waals surface area (Å²) >= 11 is 1.41. The quantitative estimate of drug-likeness (QED) is 0.813. The number of H-pyrrole nitrogens is 1. The Balaban J connectivity index is 2.10. The maximum absolute atomic E-state index is 11.7. The van der Waals surface area contributed by atoms with E-state index >= 15 is 0 Å². The lowest BCUT2D eigenvalue weighted by Gasteiger charge is -2.08. The Morgan fingerprint density at radius 2 is 2.42 bits per heavy atom. The Morgan fingerprint density at radius 3 is 3.05 bits per heavy atom. The van der Waals surface area contributed by atoms with Crippen LogP contribution in [0.15, 0.2) is 6.33 Å². The topological polar surface area (TPSA) is 92.8 Å². The number of thiazole rings is 1. The molecule has 0 saturated carbocycles. The standard InChI is InChI=1S/C11H15N5O2S/c1-4-18-10(17)8-7(3)19-11(15-8)14-6(2)9-12-5-13-16-9/h5-6H,4H2,1-3H3,(H,14,15)(H,12,13,16). The van der Waals surface area contributed by atoms with Gasteiger partial charge in [-0.05, 0) is 20.8 Å². The highest BCUT2D eigenvalue weighted by atomic mass is 32.1. The van der Waals surface area contributed by atoms with Gasteiger partial charge in [-0.25, -0.2) is 14.8 Å². The second-order valence-electron chi connectivity index (χ2n) is 3.88. The molecule has 2 aromatic heterocycles. The third-order valence-corrected chi connectivity index (χ3v) is 3.35. The van der Waals surface area contributed by atoms with E-state index in [0.717, 1.165) is 4.88 Å². The van der Waals surface area contributed by atoms with Gasteiger partial charge in [-0.1, -0.05) is 0 Å². The van der Waals surface area contributed by atoms with Crippen molar-refractivity contribution in [3.63, 3.8) is 0 Å². The highest BCUT2D eigenvalue weighted by Crippen LogP contribution is 2.25. The molecule has 0 aliphatic heterocycles. The Kier molecular flexibility index (Phi) is 4.10. The molecule has 1 atom stereocenters. The number of esters is 1. The summed E-state index contributed by atoms with van der Waals surface area (Å²) in [5.41, 5.74) is 0.360. The molecule has 7 nitrogen and oxygen atoms in total. The van der Waals surface area contributed by atoms with Crippen LogP contribution in [-0.2, 0) is 4.74 Å². The Morgan fingerprint density at radius 1 is 1.63 bits per heavy atom. The molecular weight excluding hydrogens is 266 g/mol. The summed E-state index contributed by atoms with van der Waals surface area (Å²) in [6, 6.07) is -0.0666. The van der Waals surface area contributed by atoms with Gasteiger partial charge in [0.05, 0.1) is 12.6 Å². The smallest absolute Gasteiger partial charge is 0.358 e. The van der Waals surface area contributed by atoms with Crippen molar-refractivity contribution in [2.75, 3.05) is 11.9 Å². The van der Waals surface area contributed by atoms with E-state index in [0.29, 0.717) is 23.3 Å². The average Bonchev–Trinajstić information content (AvgIpc) is 2.99. The third kappa shape index (κ3) is 3.08. The lowest BCUT2D eigenvalue weighted by molar-refractivity contribution is 0.0519. The number of anilines is 1. The maximum atomic E-state index is 11.7. The first-order valence-corrected chi connectivity index (χ1v) is 6.69. The molecule has 19 heavy (non-hydrogen) atoms. The van der Waals surface area contributed by atoms with Crippen LogP contribution in [0.4, 0.5) is 5.13 Å². The lowest BCUT2D eigenvalue weighted by atomic mass is 10.3. The van der Waals surface area contributed by atoms with Crippen molar-refractivity contribution in [3.05, 3.63) is 22.7 Å². The Hall–Kier alpha value is -1.96.